The Morgan fingerprint density at radius 1 is 1.29 bits per heavy atom. The van der Waals surface area contributed by atoms with Crippen LogP contribution in [0, 0.1) is 0 Å². The van der Waals surface area contributed by atoms with Gasteiger partial charge in [0.05, 0.1) is 17.9 Å². The molecule has 0 spiro atoms. The van der Waals surface area contributed by atoms with E-state index in [2.05, 4.69) is 0 Å². The van der Waals surface area contributed by atoms with Crippen molar-refractivity contribution in [2.75, 3.05) is 11.6 Å². The molecule has 0 fully saturated rings. The van der Waals surface area contributed by atoms with Crippen LogP contribution in [0.4, 0.5) is 5.69 Å². The van der Waals surface area contributed by atoms with Crippen LogP contribution in [0.1, 0.15) is 38.1 Å². The maximum atomic E-state index is 11.5. The van der Waals surface area contributed by atoms with E-state index in [4.69, 9.17) is 10.6 Å². The summed E-state index contributed by atoms with van der Waals surface area (Å²) in [6.45, 7) is 8.23. The van der Waals surface area contributed by atoms with Crippen molar-refractivity contribution in [2.24, 2.45) is 5.84 Å². The highest BCUT2D eigenvalue weighted by atomic mass is 16.5. The molecule has 4 heteroatoms. The highest BCUT2D eigenvalue weighted by Crippen LogP contribution is 2.20. The smallest absolute Gasteiger partial charge is 0.338 e. The standard InChI is InChI=1S/C13H20N2O2/c1-5-17-12(16)10-6-8-11(9-7-10)15(14)13(2,3)4/h6-9H,5,14H2,1-4H3. The Morgan fingerprint density at radius 2 is 1.82 bits per heavy atom. The number of carbonyl (C=O) groups excluding carboxylic acids is 1. The molecule has 0 amide bonds. The van der Waals surface area contributed by atoms with Crippen molar-refractivity contribution < 1.29 is 9.53 Å². The lowest BCUT2D eigenvalue weighted by atomic mass is 10.1. The monoisotopic (exact) mass is 236 g/mol. The molecule has 94 valence electrons. The SMILES string of the molecule is CCOC(=O)c1ccc(N(N)C(C)(C)C)cc1. The Labute approximate surface area is 102 Å². The van der Waals surface area contributed by atoms with Gasteiger partial charge in [-0.15, -0.1) is 0 Å². The molecule has 1 aromatic carbocycles. The van der Waals surface area contributed by atoms with E-state index in [0.29, 0.717) is 12.2 Å². The third kappa shape index (κ3) is 3.46. The van der Waals surface area contributed by atoms with Crippen LogP contribution in [0.25, 0.3) is 0 Å². The molecule has 0 radical (unpaired) electrons. The van der Waals surface area contributed by atoms with Gasteiger partial charge >= 0.3 is 5.97 Å². The zero-order valence-electron chi connectivity index (χ0n) is 10.9. The third-order valence-electron chi connectivity index (χ3n) is 2.38. The highest BCUT2D eigenvalue weighted by Gasteiger charge is 2.18. The topological polar surface area (TPSA) is 55.6 Å². The largest absolute Gasteiger partial charge is 0.462 e. The number of hydrazine groups is 1. The van der Waals surface area contributed by atoms with Gasteiger partial charge in [0.1, 0.15) is 0 Å². The van der Waals surface area contributed by atoms with Crippen molar-refractivity contribution in [1.29, 1.82) is 0 Å². The van der Waals surface area contributed by atoms with E-state index in [9.17, 15) is 4.79 Å². The zero-order valence-corrected chi connectivity index (χ0v) is 10.9. The Morgan fingerprint density at radius 3 is 2.24 bits per heavy atom. The number of rotatable bonds is 3. The second-order valence-corrected chi connectivity index (χ2v) is 4.81. The quantitative estimate of drug-likeness (QED) is 0.497. The van der Waals surface area contributed by atoms with Crippen LogP contribution in [0.5, 0.6) is 0 Å². The van der Waals surface area contributed by atoms with Gasteiger partial charge in [-0.25, -0.2) is 10.6 Å². The van der Waals surface area contributed by atoms with Crippen molar-refractivity contribution in [3.8, 4) is 0 Å². The summed E-state index contributed by atoms with van der Waals surface area (Å²) < 4.78 is 4.91. The second-order valence-electron chi connectivity index (χ2n) is 4.81. The maximum absolute atomic E-state index is 11.5. The number of ether oxygens (including phenoxy) is 1. The first-order valence-electron chi connectivity index (χ1n) is 5.68. The van der Waals surface area contributed by atoms with E-state index in [1.54, 1.807) is 24.1 Å². The Hall–Kier alpha value is -1.55. The normalized spacial score (nSPS) is 11.1. The number of hydrogen-bond acceptors (Lipinski definition) is 4. The molecule has 0 aliphatic heterocycles. The predicted molar refractivity (Wildman–Crippen MR) is 68.8 cm³/mol. The van der Waals surface area contributed by atoms with Crippen molar-refractivity contribution in [3.63, 3.8) is 0 Å². The average Bonchev–Trinajstić information content (AvgIpc) is 2.27. The molecule has 0 aliphatic carbocycles. The van der Waals surface area contributed by atoms with Gasteiger partial charge in [-0.05, 0) is 52.0 Å². The van der Waals surface area contributed by atoms with Gasteiger partial charge in [0.25, 0.3) is 0 Å². The number of nitrogens with zero attached hydrogens (tertiary/aromatic N) is 1. The molecule has 17 heavy (non-hydrogen) atoms. The molecule has 0 unspecified atom stereocenters. The first kappa shape index (κ1) is 13.5. The van der Waals surface area contributed by atoms with Crippen LogP contribution in [-0.2, 0) is 4.74 Å². The van der Waals surface area contributed by atoms with Crippen LogP contribution in [0.15, 0.2) is 24.3 Å². The summed E-state index contributed by atoms with van der Waals surface area (Å²) >= 11 is 0. The minimum Gasteiger partial charge on any atom is -0.462 e. The van der Waals surface area contributed by atoms with Gasteiger partial charge in [0, 0.05) is 5.54 Å². The fourth-order valence-electron chi connectivity index (χ4n) is 1.36. The lowest BCUT2D eigenvalue weighted by Crippen LogP contribution is -2.46. The number of carbonyl (C=O) groups is 1. The zero-order chi connectivity index (χ0) is 13.1. The molecule has 0 atom stereocenters. The lowest BCUT2D eigenvalue weighted by Gasteiger charge is -2.33. The van der Waals surface area contributed by atoms with E-state index >= 15 is 0 Å². The van der Waals surface area contributed by atoms with Crippen LogP contribution < -0.4 is 10.9 Å². The van der Waals surface area contributed by atoms with E-state index in [-0.39, 0.29) is 11.5 Å². The van der Waals surface area contributed by atoms with Crippen LogP contribution in [-0.4, -0.2) is 18.1 Å². The van der Waals surface area contributed by atoms with E-state index < -0.39 is 0 Å². The van der Waals surface area contributed by atoms with Gasteiger partial charge < -0.3 is 9.75 Å². The van der Waals surface area contributed by atoms with E-state index in [0.717, 1.165) is 5.69 Å². The molecule has 0 saturated carbocycles. The van der Waals surface area contributed by atoms with Gasteiger partial charge in [-0.1, -0.05) is 0 Å². The van der Waals surface area contributed by atoms with Gasteiger partial charge in [-0.2, -0.15) is 0 Å². The first-order chi connectivity index (χ1) is 7.86. The molecule has 0 aromatic heterocycles. The number of esters is 1. The number of benzene rings is 1. The fourth-order valence-corrected chi connectivity index (χ4v) is 1.36. The van der Waals surface area contributed by atoms with Gasteiger partial charge in [-0.3, -0.25) is 0 Å². The molecule has 2 N–H and O–H groups in total. The Kier molecular flexibility index (Phi) is 4.12. The highest BCUT2D eigenvalue weighted by molar-refractivity contribution is 5.89. The summed E-state index contributed by atoms with van der Waals surface area (Å²) in [6.07, 6.45) is 0. The van der Waals surface area contributed by atoms with Crippen molar-refractivity contribution in [2.45, 2.75) is 33.2 Å². The fraction of sp³-hybridized carbons (Fsp3) is 0.462. The molecule has 1 rings (SSSR count). The Bertz CT molecular complexity index is 379. The maximum Gasteiger partial charge on any atom is 0.338 e. The number of nitrogens with two attached hydrogens (primary N) is 1. The summed E-state index contributed by atoms with van der Waals surface area (Å²) in [5.74, 6) is 5.67. The van der Waals surface area contributed by atoms with Crippen LogP contribution >= 0.6 is 0 Å². The van der Waals surface area contributed by atoms with E-state index in [1.807, 2.05) is 32.9 Å². The van der Waals surface area contributed by atoms with Gasteiger partial charge in [0.2, 0.25) is 0 Å². The number of hydrogen-bond donors (Lipinski definition) is 1. The third-order valence-corrected chi connectivity index (χ3v) is 2.38. The summed E-state index contributed by atoms with van der Waals surface area (Å²) in [5.41, 5.74) is 1.24. The summed E-state index contributed by atoms with van der Waals surface area (Å²) in [6, 6.07) is 7.08. The predicted octanol–water partition coefficient (Wildman–Crippen LogP) is 2.34. The summed E-state index contributed by atoms with van der Waals surface area (Å²) in [4.78, 5) is 11.5. The molecule has 0 aliphatic rings. The molecule has 0 saturated heterocycles. The first-order valence-corrected chi connectivity index (χ1v) is 5.68. The van der Waals surface area contributed by atoms with Crippen LogP contribution in [0.3, 0.4) is 0 Å². The molecule has 0 heterocycles. The minimum atomic E-state index is -0.307. The molecule has 0 bridgehead atoms. The molecular formula is C13H20N2O2. The van der Waals surface area contributed by atoms with Crippen molar-refractivity contribution in [3.05, 3.63) is 29.8 Å². The average molecular weight is 236 g/mol. The lowest BCUT2D eigenvalue weighted by molar-refractivity contribution is 0.0526. The Balaban J connectivity index is 2.85. The molecule has 4 nitrogen and oxygen atoms in total. The van der Waals surface area contributed by atoms with Crippen LogP contribution in [0.2, 0.25) is 0 Å². The second kappa shape index (κ2) is 5.19. The number of anilines is 1. The van der Waals surface area contributed by atoms with Crippen molar-refractivity contribution >= 4 is 11.7 Å². The van der Waals surface area contributed by atoms with Crippen molar-refractivity contribution in [1.82, 2.24) is 0 Å². The minimum absolute atomic E-state index is 0.161. The van der Waals surface area contributed by atoms with E-state index in [1.165, 1.54) is 0 Å². The van der Waals surface area contributed by atoms with Gasteiger partial charge in [0.15, 0.2) is 0 Å². The summed E-state index contributed by atoms with van der Waals surface area (Å²) in [5, 5.41) is 1.67. The molecule has 1 aromatic rings. The molecular weight excluding hydrogens is 216 g/mol. The summed E-state index contributed by atoms with van der Waals surface area (Å²) in [7, 11) is 0.